The Balaban J connectivity index is 1.18. The molecule has 4 aromatic rings. The summed E-state index contributed by atoms with van der Waals surface area (Å²) in [5, 5.41) is 10.8. The highest BCUT2D eigenvalue weighted by Crippen LogP contribution is 2.49. The molecule has 2 atom stereocenters. The number of likely N-dealkylation sites (tertiary alicyclic amines) is 1. The smallest absolute Gasteiger partial charge is 0.0824 e. The predicted octanol–water partition coefficient (Wildman–Crippen LogP) is 7.42. The van der Waals surface area contributed by atoms with E-state index in [1.807, 2.05) is 0 Å². The van der Waals surface area contributed by atoms with E-state index in [2.05, 4.69) is 120 Å². The van der Waals surface area contributed by atoms with Gasteiger partial charge in [-0.2, -0.15) is 0 Å². The number of aliphatic hydroxyl groups excluding tert-OH is 1. The van der Waals surface area contributed by atoms with Gasteiger partial charge in [0.25, 0.3) is 0 Å². The minimum absolute atomic E-state index is 0.157. The standard InChI is InChI=1S/C36H39NO/c38-35-29(27-28-13-10-11-21-34(28)35)14-12-24-37-25-22-33(23-26-37)36(30-15-4-1-5-16-30,31-17-6-2-7-18-31)32-19-8-3-9-20-32/h1-11,13,15-21,29,33,35,38H,12,14,22-27H2. The summed E-state index contributed by atoms with van der Waals surface area (Å²) in [4.78, 5) is 2.66. The van der Waals surface area contributed by atoms with Gasteiger partial charge in [0.2, 0.25) is 0 Å². The zero-order valence-electron chi connectivity index (χ0n) is 22.3. The Kier molecular flexibility index (Phi) is 7.44. The molecule has 194 valence electrons. The minimum atomic E-state index is -0.292. The van der Waals surface area contributed by atoms with E-state index >= 15 is 0 Å². The minimum Gasteiger partial charge on any atom is -0.388 e. The Labute approximate surface area is 228 Å². The van der Waals surface area contributed by atoms with Gasteiger partial charge in [-0.1, -0.05) is 115 Å². The largest absolute Gasteiger partial charge is 0.388 e. The molecule has 1 heterocycles. The highest BCUT2D eigenvalue weighted by atomic mass is 16.3. The van der Waals surface area contributed by atoms with E-state index in [0.29, 0.717) is 11.8 Å². The van der Waals surface area contributed by atoms with Crippen molar-refractivity contribution in [2.24, 2.45) is 11.8 Å². The zero-order chi connectivity index (χ0) is 25.8. The molecule has 0 amide bonds. The Bertz CT molecular complexity index is 1200. The third-order valence-electron chi connectivity index (χ3n) is 9.24. The molecule has 4 aromatic carbocycles. The van der Waals surface area contributed by atoms with Crippen molar-refractivity contribution in [3.63, 3.8) is 0 Å². The number of hydrogen-bond acceptors (Lipinski definition) is 2. The van der Waals surface area contributed by atoms with E-state index in [1.54, 1.807) is 0 Å². The summed E-state index contributed by atoms with van der Waals surface area (Å²) in [5.41, 5.74) is 6.51. The second-order valence-corrected chi connectivity index (χ2v) is 11.3. The highest BCUT2D eigenvalue weighted by Gasteiger charge is 2.44. The van der Waals surface area contributed by atoms with Crippen molar-refractivity contribution in [2.75, 3.05) is 19.6 Å². The molecular weight excluding hydrogens is 462 g/mol. The van der Waals surface area contributed by atoms with E-state index in [4.69, 9.17) is 0 Å². The van der Waals surface area contributed by atoms with Gasteiger partial charge in [-0.05, 0) is 91.4 Å². The van der Waals surface area contributed by atoms with Gasteiger partial charge in [-0.25, -0.2) is 0 Å². The number of piperidine rings is 1. The number of rotatable bonds is 8. The summed E-state index contributed by atoms with van der Waals surface area (Å²) in [6.07, 6.45) is 5.33. The van der Waals surface area contributed by atoms with E-state index in [9.17, 15) is 5.11 Å². The van der Waals surface area contributed by atoms with E-state index < -0.39 is 0 Å². The molecular formula is C36H39NO. The first kappa shape index (κ1) is 25.1. The maximum Gasteiger partial charge on any atom is 0.0824 e. The predicted molar refractivity (Wildman–Crippen MR) is 156 cm³/mol. The van der Waals surface area contributed by atoms with Crippen molar-refractivity contribution in [1.29, 1.82) is 0 Å². The van der Waals surface area contributed by atoms with Gasteiger partial charge in [0.1, 0.15) is 0 Å². The van der Waals surface area contributed by atoms with Crippen LogP contribution in [0.25, 0.3) is 0 Å². The molecule has 6 rings (SSSR count). The Morgan fingerprint density at radius 3 is 1.68 bits per heavy atom. The molecule has 0 aromatic heterocycles. The molecule has 2 nitrogen and oxygen atoms in total. The molecule has 0 saturated carbocycles. The maximum atomic E-state index is 10.8. The zero-order valence-corrected chi connectivity index (χ0v) is 22.3. The van der Waals surface area contributed by atoms with Crippen LogP contribution in [0, 0.1) is 11.8 Å². The average Bonchev–Trinajstić information content (AvgIpc) is 3.31. The van der Waals surface area contributed by atoms with Crippen LogP contribution in [0.5, 0.6) is 0 Å². The first-order valence-corrected chi connectivity index (χ1v) is 14.4. The van der Waals surface area contributed by atoms with Gasteiger partial charge < -0.3 is 10.0 Å². The molecule has 1 aliphatic heterocycles. The van der Waals surface area contributed by atoms with Crippen LogP contribution in [0.4, 0.5) is 0 Å². The Hall–Kier alpha value is -3.20. The van der Waals surface area contributed by atoms with Crippen LogP contribution >= 0.6 is 0 Å². The third-order valence-corrected chi connectivity index (χ3v) is 9.24. The van der Waals surface area contributed by atoms with E-state index in [0.717, 1.165) is 44.5 Å². The second kappa shape index (κ2) is 11.3. The first-order chi connectivity index (χ1) is 18.8. The summed E-state index contributed by atoms with van der Waals surface area (Å²) >= 11 is 0. The van der Waals surface area contributed by atoms with Crippen LogP contribution in [-0.2, 0) is 11.8 Å². The van der Waals surface area contributed by atoms with Crippen molar-refractivity contribution in [3.8, 4) is 0 Å². The van der Waals surface area contributed by atoms with Crippen molar-refractivity contribution >= 4 is 0 Å². The van der Waals surface area contributed by atoms with Crippen LogP contribution < -0.4 is 0 Å². The van der Waals surface area contributed by atoms with Gasteiger partial charge in [-0.3, -0.25) is 0 Å². The molecule has 0 radical (unpaired) electrons. The van der Waals surface area contributed by atoms with Crippen molar-refractivity contribution < 1.29 is 5.11 Å². The fourth-order valence-electron chi connectivity index (χ4n) is 7.39. The Morgan fingerprint density at radius 1 is 0.658 bits per heavy atom. The average molecular weight is 502 g/mol. The number of hydrogen-bond donors (Lipinski definition) is 1. The molecule has 1 fully saturated rings. The summed E-state index contributed by atoms with van der Waals surface area (Å²) < 4.78 is 0. The summed E-state index contributed by atoms with van der Waals surface area (Å²) in [6.45, 7) is 3.39. The molecule has 1 N–H and O–H groups in total. The number of aliphatic hydroxyl groups is 1. The summed E-state index contributed by atoms with van der Waals surface area (Å²) in [7, 11) is 0. The molecule has 0 bridgehead atoms. The number of nitrogens with zero attached hydrogens (tertiary/aromatic N) is 1. The lowest BCUT2D eigenvalue weighted by atomic mass is 9.59. The van der Waals surface area contributed by atoms with Gasteiger partial charge >= 0.3 is 0 Å². The lowest BCUT2D eigenvalue weighted by Crippen LogP contribution is -2.45. The van der Waals surface area contributed by atoms with Gasteiger partial charge in [0.05, 0.1) is 6.10 Å². The summed E-state index contributed by atoms with van der Waals surface area (Å²) in [6, 6.07) is 42.0. The second-order valence-electron chi connectivity index (χ2n) is 11.3. The molecule has 2 aliphatic rings. The molecule has 0 spiro atoms. The van der Waals surface area contributed by atoms with E-state index in [1.165, 1.54) is 35.1 Å². The van der Waals surface area contributed by atoms with Crippen LogP contribution in [0.1, 0.15) is 59.6 Å². The monoisotopic (exact) mass is 501 g/mol. The lowest BCUT2D eigenvalue weighted by Gasteiger charge is -2.46. The van der Waals surface area contributed by atoms with Gasteiger partial charge in [0.15, 0.2) is 0 Å². The fraction of sp³-hybridized carbons (Fsp3) is 0.333. The SMILES string of the molecule is OC1c2ccccc2CC1CCCN1CCC(C(c2ccccc2)(c2ccccc2)c2ccccc2)CC1. The van der Waals surface area contributed by atoms with Crippen molar-refractivity contribution in [2.45, 2.75) is 43.6 Å². The Morgan fingerprint density at radius 2 is 1.16 bits per heavy atom. The summed E-state index contributed by atoms with van der Waals surface area (Å²) in [5.74, 6) is 0.893. The van der Waals surface area contributed by atoms with Gasteiger partial charge in [0, 0.05) is 5.41 Å². The van der Waals surface area contributed by atoms with Crippen LogP contribution in [0.15, 0.2) is 115 Å². The maximum absolute atomic E-state index is 10.8. The molecule has 2 heteroatoms. The third kappa shape index (κ3) is 4.72. The van der Waals surface area contributed by atoms with Gasteiger partial charge in [-0.15, -0.1) is 0 Å². The fourth-order valence-corrected chi connectivity index (χ4v) is 7.39. The molecule has 1 aliphatic carbocycles. The van der Waals surface area contributed by atoms with Crippen LogP contribution in [0.2, 0.25) is 0 Å². The lowest BCUT2D eigenvalue weighted by molar-refractivity contribution is 0.109. The topological polar surface area (TPSA) is 23.5 Å². The van der Waals surface area contributed by atoms with Crippen LogP contribution in [0.3, 0.4) is 0 Å². The molecule has 2 unspecified atom stereocenters. The quantitative estimate of drug-likeness (QED) is 0.254. The van der Waals surface area contributed by atoms with Crippen molar-refractivity contribution in [1.82, 2.24) is 4.90 Å². The van der Waals surface area contributed by atoms with Crippen LogP contribution in [-0.4, -0.2) is 29.6 Å². The number of fused-ring (bicyclic) bond motifs is 1. The first-order valence-electron chi connectivity index (χ1n) is 14.4. The van der Waals surface area contributed by atoms with Crippen molar-refractivity contribution in [3.05, 3.63) is 143 Å². The normalized spacial score (nSPS) is 20.3. The highest BCUT2D eigenvalue weighted by molar-refractivity contribution is 5.51. The van der Waals surface area contributed by atoms with E-state index in [-0.39, 0.29) is 11.5 Å². The number of benzene rings is 4. The molecule has 1 saturated heterocycles. The molecule has 38 heavy (non-hydrogen) atoms.